The van der Waals surface area contributed by atoms with Crippen molar-refractivity contribution < 1.29 is 33.9 Å². The number of likely N-dealkylation sites (tertiary alicyclic amines) is 1. The molecule has 0 aromatic heterocycles. The van der Waals surface area contributed by atoms with E-state index in [0.717, 1.165) is 15.9 Å². The van der Waals surface area contributed by atoms with E-state index in [1.54, 1.807) is 12.1 Å². The Morgan fingerprint density at radius 2 is 1.78 bits per heavy atom. The third kappa shape index (κ3) is 3.45. The molecule has 6 atom stereocenters. The number of alkyl halides is 2. The molecule has 2 aromatic carbocycles. The van der Waals surface area contributed by atoms with Crippen LogP contribution >= 0.6 is 23.2 Å². The highest BCUT2D eigenvalue weighted by Gasteiger charge is 2.75. The fraction of sp³-hybridized carbons (Fsp3) is 0.357. The SMILES string of the molecule is COc1ccc(C2C3=CCC4C(=O)N(c5cccc([N+](=O)[O-])c5)C(=O)C4C3CC3(Cl)C(=O)N(C)C(=O)C23Cl)cc1O. The van der Waals surface area contributed by atoms with Gasteiger partial charge in [-0.1, -0.05) is 23.8 Å². The van der Waals surface area contributed by atoms with Crippen LogP contribution in [-0.2, 0) is 19.2 Å². The lowest BCUT2D eigenvalue weighted by molar-refractivity contribution is -0.384. The average Bonchev–Trinajstić information content (AvgIpc) is 3.27. The van der Waals surface area contributed by atoms with Gasteiger partial charge in [0.1, 0.15) is 0 Å². The Balaban J connectivity index is 1.50. The Morgan fingerprint density at radius 3 is 2.44 bits per heavy atom. The number of anilines is 1. The predicted molar refractivity (Wildman–Crippen MR) is 146 cm³/mol. The number of nitro benzene ring substituents is 1. The van der Waals surface area contributed by atoms with Crippen LogP contribution in [0.25, 0.3) is 0 Å². The molecule has 1 saturated carbocycles. The topological polar surface area (TPSA) is 147 Å². The zero-order valence-electron chi connectivity index (χ0n) is 21.7. The molecule has 0 radical (unpaired) electrons. The van der Waals surface area contributed by atoms with Crippen molar-refractivity contribution in [2.75, 3.05) is 19.1 Å². The van der Waals surface area contributed by atoms with Gasteiger partial charge in [0.25, 0.3) is 17.5 Å². The van der Waals surface area contributed by atoms with Gasteiger partial charge >= 0.3 is 0 Å². The Morgan fingerprint density at radius 1 is 1.05 bits per heavy atom. The number of nitrogens with zero attached hydrogens (tertiary/aromatic N) is 3. The zero-order chi connectivity index (χ0) is 29.6. The minimum Gasteiger partial charge on any atom is -0.504 e. The van der Waals surface area contributed by atoms with E-state index in [2.05, 4.69) is 0 Å². The Hall–Kier alpha value is -3.96. The molecule has 2 aliphatic carbocycles. The molecule has 212 valence electrons. The summed E-state index contributed by atoms with van der Waals surface area (Å²) in [5.74, 6) is -6.17. The minimum absolute atomic E-state index is 0.0664. The highest BCUT2D eigenvalue weighted by Crippen LogP contribution is 2.65. The van der Waals surface area contributed by atoms with E-state index in [9.17, 15) is 34.4 Å². The normalized spacial score (nSPS) is 32.4. The molecule has 4 amide bonds. The van der Waals surface area contributed by atoms with Gasteiger partial charge in [-0.3, -0.25) is 34.2 Å². The van der Waals surface area contributed by atoms with Crippen LogP contribution < -0.4 is 9.64 Å². The molecule has 2 aliphatic heterocycles. The largest absolute Gasteiger partial charge is 0.504 e. The second kappa shape index (κ2) is 9.02. The van der Waals surface area contributed by atoms with Crippen LogP contribution in [0.1, 0.15) is 24.3 Å². The average molecular weight is 600 g/mol. The van der Waals surface area contributed by atoms with E-state index in [1.165, 1.54) is 44.5 Å². The van der Waals surface area contributed by atoms with Crippen LogP contribution in [-0.4, -0.2) is 62.5 Å². The van der Waals surface area contributed by atoms with Crippen molar-refractivity contribution in [2.24, 2.45) is 17.8 Å². The number of halogens is 2. The molecule has 2 saturated heterocycles. The van der Waals surface area contributed by atoms with E-state index in [4.69, 9.17) is 27.9 Å². The molecular weight excluding hydrogens is 577 g/mol. The first-order valence-corrected chi connectivity index (χ1v) is 13.5. The molecule has 2 heterocycles. The van der Waals surface area contributed by atoms with Crippen LogP contribution in [0.3, 0.4) is 0 Å². The number of allylic oxidation sites excluding steroid dienone is 2. The highest BCUT2D eigenvalue weighted by atomic mass is 35.5. The first-order valence-electron chi connectivity index (χ1n) is 12.8. The van der Waals surface area contributed by atoms with Crippen molar-refractivity contribution in [1.29, 1.82) is 0 Å². The van der Waals surface area contributed by atoms with Gasteiger partial charge in [-0.15, -0.1) is 23.2 Å². The number of benzene rings is 2. The van der Waals surface area contributed by atoms with Crippen molar-refractivity contribution >= 4 is 58.2 Å². The second-order valence-corrected chi connectivity index (χ2v) is 12.0. The Kier molecular flexibility index (Phi) is 5.99. The summed E-state index contributed by atoms with van der Waals surface area (Å²) < 4.78 is 5.16. The maximum atomic E-state index is 14.0. The van der Waals surface area contributed by atoms with Crippen molar-refractivity contribution in [3.8, 4) is 11.5 Å². The number of imide groups is 2. The molecule has 11 nitrogen and oxygen atoms in total. The molecule has 6 unspecified atom stereocenters. The molecule has 41 heavy (non-hydrogen) atoms. The molecule has 1 N–H and O–H groups in total. The summed E-state index contributed by atoms with van der Waals surface area (Å²) in [6.45, 7) is 0. The van der Waals surface area contributed by atoms with Gasteiger partial charge in [0.05, 0.1) is 29.6 Å². The third-order valence-electron chi connectivity index (χ3n) is 8.85. The van der Waals surface area contributed by atoms with Gasteiger partial charge in [-0.25, -0.2) is 4.90 Å². The second-order valence-electron chi connectivity index (χ2n) is 10.7. The Labute approximate surface area is 243 Å². The summed E-state index contributed by atoms with van der Waals surface area (Å²) in [4.78, 5) is 63.3. The number of phenolic OH excluding ortho intramolecular Hbond substituents is 1. The van der Waals surface area contributed by atoms with E-state index >= 15 is 0 Å². The van der Waals surface area contributed by atoms with Gasteiger partial charge in [-0.05, 0) is 42.5 Å². The van der Waals surface area contributed by atoms with E-state index < -0.39 is 62.0 Å². The van der Waals surface area contributed by atoms with Crippen molar-refractivity contribution in [3.63, 3.8) is 0 Å². The summed E-state index contributed by atoms with van der Waals surface area (Å²) in [5.41, 5.74) is 0.720. The lowest BCUT2D eigenvalue weighted by Crippen LogP contribution is -2.60. The minimum atomic E-state index is -1.98. The van der Waals surface area contributed by atoms with E-state index in [-0.39, 0.29) is 35.7 Å². The van der Waals surface area contributed by atoms with Crippen LogP contribution in [0.2, 0.25) is 0 Å². The molecule has 6 rings (SSSR count). The molecule has 4 aliphatic rings. The van der Waals surface area contributed by atoms with E-state index in [0.29, 0.717) is 11.1 Å². The van der Waals surface area contributed by atoms with E-state index in [1.807, 2.05) is 0 Å². The van der Waals surface area contributed by atoms with Crippen LogP contribution in [0.4, 0.5) is 11.4 Å². The maximum Gasteiger partial charge on any atom is 0.271 e. The lowest BCUT2D eigenvalue weighted by Gasteiger charge is -2.50. The molecule has 0 bridgehead atoms. The van der Waals surface area contributed by atoms with Crippen molar-refractivity contribution in [1.82, 2.24) is 4.90 Å². The summed E-state index contributed by atoms with van der Waals surface area (Å²) in [5, 5.41) is 21.9. The van der Waals surface area contributed by atoms with Gasteiger partial charge in [-0.2, -0.15) is 0 Å². The summed E-state index contributed by atoms with van der Waals surface area (Å²) in [6, 6.07) is 9.73. The molecule has 2 aromatic rings. The quantitative estimate of drug-likeness (QED) is 0.184. The summed E-state index contributed by atoms with van der Waals surface area (Å²) in [6.07, 6.45) is 1.70. The fourth-order valence-corrected chi connectivity index (χ4v) is 8.02. The number of hydrogen-bond donors (Lipinski definition) is 1. The van der Waals surface area contributed by atoms with Gasteiger partial charge in [0, 0.05) is 25.1 Å². The lowest BCUT2D eigenvalue weighted by atomic mass is 9.56. The molecule has 13 heteroatoms. The number of hydrogen-bond acceptors (Lipinski definition) is 8. The van der Waals surface area contributed by atoms with Gasteiger partial charge in [0.2, 0.25) is 11.8 Å². The molecule has 3 fully saturated rings. The van der Waals surface area contributed by atoms with Crippen molar-refractivity contribution in [3.05, 3.63) is 69.8 Å². The number of amides is 4. The van der Waals surface area contributed by atoms with Gasteiger partial charge < -0.3 is 9.84 Å². The number of phenols is 1. The number of carbonyl (C=O) groups is 4. The zero-order valence-corrected chi connectivity index (χ0v) is 23.3. The smallest absolute Gasteiger partial charge is 0.271 e. The first-order chi connectivity index (χ1) is 19.4. The van der Waals surface area contributed by atoms with Crippen LogP contribution in [0, 0.1) is 27.9 Å². The molecule has 0 spiro atoms. The number of ether oxygens (including phenoxy) is 1. The number of aromatic hydroxyl groups is 1. The summed E-state index contributed by atoms with van der Waals surface area (Å²) >= 11 is 14.2. The third-order valence-corrected chi connectivity index (χ3v) is 10.3. The number of non-ortho nitro benzene ring substituents is 1. The number of methoxy groups -OCH3 is 1. The van der Waals surface area contributed by atoms with Crippen LogP contribution in [0.15, 0.2) is 54.1 Å². The molecular formula is C28H23Cl2N3O8. The highest BCUT2D eigenvalue weighted by molar-refractivity contribution is 6.53. The first kappa shape index (κ1) is 27.2. The number of nitro groups is 1. The van der Waals surface area contributed by atoms with Gasteiger partial charge in [0.15, 0.2) is 21.2 Å². The summed E-state index contributed by atoms with van der Waals surface area (Å²) in [7, 11) is 2.67. The number of rotatable bonds is 4. The Bertz CT molecular complexity index is 1610. The number of carbonyl (C=O) groups excluding carboxylic acids is 4. The van der Waals surface area contributed by atoms with Crippen molar-refractivity contribution in [2.45, 2.75) is 28.5 Å². The predicted octanol–water partition coefficient (Wildman–Crippen LogP) is 3.50. The number of fused-ring (bicyclic) bond motifs is 4. The maximum absolute atomic E-state index is 14.0. The fourth-order valence-electron chi connectivity index (χ4n) is 7.00. The monoisotopic (exact) mass is 599 g/mol. The van der Waals surface area contributed by atoms with Crippen LogP contribution in [0.5, 0.6) is 11.5 Å². The standard InChI is InChI=1S/C28H23Cl2N3O8/c1-31-25(37)27(29)12-18-16(22(28(27,30)26(31)38)13-6-9-20(41-2)19(34)10-13)7-8-17-21(18)24(36)32(23(17)35)14-4-3-5-15(11-14)33(39)40/h3-7,9-11,17-18,21-22,34H,8,12H2,1-2H3.